The summed E-state index contributed by atoms with van der Waals surface area (Å²) in [5.74, 6) is 0.203. The van der Waals surface area contributed by atoms with Gasteiger partial charge >= 0.3 is 0 Å². The van der Waals surface area contributed by atoms with Crippen LogP contribution in [0.4, 0.5) is 0 Å². The van der Waals surface area contributed by atoms with Crippen molar-refractivity contribution in [3.63, 3.8) is 0 Å². The Morgan fingerprint density at radius 3 is 2.56 bits per heavy atom. The maximum Gasteiger partial charge on any atom is 0.251 e. The lowest BCUT2D eigenvalue weighted by atomic mass is 9.90. The summed E-state index contributed by atoms with van der Waals surface area (Å²) in [6.45, 7) is 8.64. The van der Waals surface area contributed by atoms with E-state index in [0.29, 0.717) is 18.8 Å². The van der Waals surface area contributed by atoms with E-state index in [4.69, 9.17) is 0 Å². The normalized spacial score (nSPS) is 17.6. The van der Waals surface area contributed by atoms with Crippen molar-refractivity contribution in [1.29, 1.82) is 0 Å². The van der Waals surface area contributed by atoms with Crippen LogP contribution in [-0.4, -0.2) is 28.3 Å². The minimum Gasteiger partial charge on any atom is -0.322 e. The van der Waals surface area contributed by atoms with E-state index in [1.54, 1.807) is 12.2 Å². The van der Waals surface area contributed by atoms with E-state index < -0.39 is 0 Å². The van der Waals surface area contributed by atoms with Gasteiger partial charge in [-0.25, -0.2) is 0 Å². The summed E-state index contributed by atoms with van der Waals surface area (Å²) >= 11 is 0. The molecule has 2 N–H and O–H groups in total. The molecule has 0 aliphatic carbocycles. The molecule has 0 bridgehead atoms. The number of nitrogens with one attached hydrogen (secondary N) is 1. The standard InChI is InChI=1S/C14H18N2O2/c1-3-10-9-12(14(17)15-13(10)4-2)11-5-7-16(18)8-6-11/h3-4,9,11,18H,1-2,5-8H2,(H,15,17). The molecule has 18 heavy (non-hydrogen) atoms. The molecule has 1 aromatic rings. The third kappa shape index (κ3) is 2.44. The molecule has 0 spiro atoms. The molecule has 1 aliphatic rings. The number of piperidine rings is 1. The van der Waals surface area contributed by atoms with Gasteiger partial charge in [-0.1, -0.05) is 19.2 Å². The Bertz CT molecular complexity index is 511. The molecular formula is C14H18N2O2. The Morgan fingerprint density at radius 2 is 2.00 bits per heavy atom. The largest absolute Gasteiger partial charge is 0.322 e. The minimum atomic E-state index is -0.0631. The molecule has 0 radical (unpaired) electrons. The van der Waals surface area contributed by atoms with Crippen LogP contribution in [0.2, 0.25) is 0 Å². The average Bonchev–Trinajstić information content (AvgIpc) is 2.39. The highest BCUT2D eigenvalue weighted by molar-refractivity contribution is 5.61. The molecule has 4 nitrogen and oxygen atoms in total. The Hall–Kier alpha value is -1.65. The van der Waals surface area contributed by atoms with Crippen molar-refractivity contribution >= 4 is 12.2 Å². The molecule has 0 unspecified atom stereocenters. The molecule has 1 saturated heterocycles. The van der Waals surface area contributed by atoms with Crippen LogP contribution in [0.3, 0.4) is 0 Å². The van der Waals surface area contributed by atoms with Crippen molar-refractivity contribution in [1.82, 2.24) is 10.0 Å². The van der Waals surface area contributed by atoms with Crippen LogP contribution < -0.4 is 5.56 Å². The van der Waals surface area contributed by atoms with Crippen molar-refractivity contribution in [3.8, 4) is 0 Å². The van der Waals surface area contributed by atoms with Gasteiger partial charge in [0.05, 0.1) is 0 Å². The summed E-state index contributed by atoms with van der Waals surface area (Å²) in [6, 6.07) is 1.89. The highest BCUT2D eigenvalue weighted by atomic mass is 16.5. The minimum absolute atomic E-state index is 0.0631. The van der Waals surface area contributed by atoms with Gasteiger partial charge in [-0.2, -0.15) is 5.06 Å². The smallest absolute Gasteiger partial charge is 0.251 e. The molecule has 4 heteroatoms. The first-order chi connectivity index (χ1) is 8.65. The lowest BCUT2D eigenvalue weighted by Gasteiger charge is -2.27. The highest BCUT2D eigenvalue weighted by Crippen LogP contribution is 2.26. The number of pyridine rings is 1. The van der Waals surface area contributed by atoms with Gasteiger partial charge in [0, 0.05) is 24.3 Å². The van der Waals surface area contributed by atoms with E-state index >= 15 is 0 Å². The van der Waals surface area contributed by atoms with Crippen molar-refractivity contribution < 1.29 is 5.21 Å². The Kier molecular flexibility index (Phi) is 3.79. The Morgan fingerprint density at radius 1 is 1.33 bits per heavy atom. The van der Waals surface area contributed by atoms with Gasteiger partial charge in [0.15, 0.2) is 0 Å². The van der Waals surface area contributed by atoms with Crippen molar-refractivity contribution in [2.75, 3.05) is 13.1 Å². The number of hydroxylamine groups is 2. The number of nitrogens with zero attached hydrogens (tertiary/aromatic N) is 1. The summed E-state index contributed by atoms with van der Waals surface area (Å²) in [6.07, 6.45) is 4.93. The Labute approximate surface area is 106 Å². The third-order valence-corrected chi connectivity index (χ3v) is 3.47. The molecule has 2 heterocycles. The molecule has 1 aliphatic heterocycles. The van der Waals surface area contributed by atoms with E-state index in [0.717, 1.165) is 24.0 Å². The number of aromatic nitrogens is 1. The monoisotopic (exact) mass is 246 g/mol. The first-order valence-corrected chi connectivity index (χ1v) is 6.11. The lowest BCUT2D eigenvalue weighted by Crippen LogP contribution is -2.32. The fourth-order valence-corrected chi connectivity index (χ4v) is 2.40. The van der Waals surface area contributed by atoms with Gasteiger partial charge in [-0.15, -0.1) is 0 Å². The summed E-state index contributed by atoms with van der Waals surface area (Å²) in [4.78, 5) is 14.9. The van der Waals surface area contributed by atoms with Crippen LogP contribution in [0.1, 0.15) is 35.6 Å². The van der Waals surface area contributed by atoms with Crippen molar-refractivity contribution in [2.45, 2.75) is 18.8 Å². The fraction of sp³-hybridized carbons (Fsp3) is 0.357. The number of hydrogen-bond donors (Lipinski definition) is 2. The van der Waals surface area contributed by atoms with Crippen LogP contribution in [0, 0.1) is 0 Å². The predicted molar refractivity (Wildman–Crippen MR) is 72.6 cm³/mol. The van der Waals surface area contributed by atoms with Gasteiger partial charge in [-0.05, 0) is 36.5 Å². The molecule has 96 valence electrons. The zero-order chi connectivity index (χ0) is 13.1. The van der Waals surface area contributed by atoms with E-state index in [-0.39, 0.29) is 11.5 Å². The highest BCUT2D eigenvalue weighted by Gasteiger charge is 2.22. The predicted octanol–water partition coefficient (Wildman–Crippen LogP) is 2.23. The SMILES string of the molecule is C=Cc1cc(C2CCN(O)CC2)c(=O)[nH]c1C=C. The van der Waals surface area contributed by atoms with Gasteiger partial charge in [0.2, 0.25) is 0 Å². The van der Waals surface area contributed by atoms with E-state index in [1.165, 1.54) is 5.06 Å². The van der Waals surface area contributed by atoms with Gasteiger partial charge < -0.3 is 10.2 Å². The summed E-state index contributed by atoms with van der Waals surface area (Å²) in [5, 5.41) is 10.6. The van der Waals surface area contributed by atoms with Gasteiger partial charge in [0.25, 0.3) is 5.56 Å². The average molecular weight is 246 g/mol. The number of aromatic amines is 1. The van der Waals surface area contributed by atoms with Crippen molar-refractivity contribution in [2.24, 2.45) is 0 Å². The second-order valence-electron chi connectivity index (χ2n) is 4.56. The number of rotatable bonds is 3. The number of H-pyrrole nitrogens is 1. The molecule has 0 aromatic carbocycles. The van der Waals surface area contributed by atoms with E-state index in [1.807, 2.05) is 6.07 Å². The first kappa shape index (κ1) is 12.8. The zero-order valence-electron chi connectivity index (χ0n) is 10.4. The molecule has 0 amide bonds. The van der Waals surface area contributed by atoms with Crippen LogP contribution in [-0.2, 0) is 0 Å². The number of hydrogen-bond acceptors (Lipinski definition) is 3. The molecule has 1 fully saturated rings. The first-order valence-electron chi connectivity index (χ1n) is 6.11. The topological polar surface area (TPSA) is 56.3 Å². The molecule has 2 rings (SSSR count). The van der Waals surface area contributed by atoms with Crippen LogP contribution in [0.25, 0.3) is 12.2 Å². The van der Waals surface area contributed by atoms with Crippen LogP contribution in [0.15, 0.2) is 24.0 Å². The molecule has 1 aromatic heterocycles. The van der Waals surface area contributed by atoms with E-state index in [2.05, 4.69) is 18.1 Å². The lowest BCUT2D eigenvalue weighted by molar-refractivity contribution is -0.106. The molecule has 0 atom stereocenters. The fourth-order valence-electron chi connectivity index (χ4n) is 2.40. The second kappa shape index (κ2) is 5.33. The maximum absolute atomic E-state index is 12.0. The summed E-state index contributed by atoms with van der Waals surface area (Å²) in [5.41, 5.74) is 2.32. The van der Waals surface area contributed by atoms with Crippen LogP contribution in [0.5, 0.6) is 0 Å². The zero-order valence-corrected chi connectivity index (χ0v) is 10.4. The van der Waals surface area contributed by atoms with Gasteiger partial charge in [-0.3, -0.25) is 4.79 Å². The summed E-state index contributed by atoms with van der Waals surface area (Å²) < 4.78 is 0. The quantitative estimate of drug-likeness (QED) is 0.860. The van der Waals surface area contributed by atoms with Gasteiger partial charge in [0.1, 0.15) is 0 Å². The third-order valence-electron chi connectivity index (χ3n) is 3.47. The summed E-state index contributed by atoms with van der Waals surface area (Å²) in [7, 11) is 0. The van der Waals surface area contributed by atoms with Crippen molar-refractivity contribution in [3.05, 3.63) is 46.4 Å². The maximum atomic E-state index is 12.0. The van der Waals surface area contributed by atoms with Crippen LogP contribution >= 0.6 is 0 Å². The molecule has 0 saturated carbocycles. The molecular weight excluding hydrogens is 228 g/mol. The second-order valence-corrected chi connectivity index (χ2v) is 4.56. The van der Waals surface area contributed by atoms with E-state index in [9.17, 15) is 10.0 Å². The Balaban J connectivity index is 2.36.